The van der Waals surface area contributed by atoms with Gasteiger partial charge < -0.3 is 15.2 Å². The molecule has 3 aromatic rings. The van der Waals surface area contributed by atoms with Crippen molar-refractivity contribution in [1.82, 2.24) is 14.0 Å². The van der Waals surface area contributed by atoms with E-state index in [2.05, 4.69) is 0 Å². The minimum Gasteiger partial charge on any atom is -0.497 e. The molecule has 0 aliphatic carbocycles. The second-order valence-electron chi connectivity index (χ2n) is 7.49. The SMILES string of the molecule is COc1cc(Cn2c(=O)n(CC#N)c3c(CC(=O)N(C)C(N)=O)c([N+](=O)[O-])ccc32)cc(OC)c1. The van der Waals surface area contributed by atoms with Crippen LogP contribution in [0.2, 0.25) is 0 Å². The number of nitriles is 1. The number of hydrogen-bond donors (Lipinski definition) is 1. The Hall–Kier alpha value is -4.86. The smallest absolute Gasteiger partial charge is 0.330 e. The molecule has 0 aliphatic heterocycles. The Morgan fingerprint density at radius 2 is 1.80 bits per heavy atom. The molecule has 13 nitrogen and oxygen atoms in total. The van der Waals surface area contributed by atoms with Crippen molar-refractivity contribution in [1.29, 1.82) is 5.26 Å². The van der Waals surface area contributed by atoms with Crippen molar-refractivity contribution in [2.75, 3.05) is 21.3 Å². The molecule has 0 bridgehead atoms. The van der Waals surface area contributed by atoms with Crippen LogP contribution in [-0.2, 0) is 24.3 Å². The summed E-state index contributed by atoms with van der Waals surface area (Å²) in [6.07, 6.45) is -0.588. The lowest BCUT2D eigenvalue weighted by atomic mass is 10.1. The Morgan fingerprint density at radius 3 is 2.31 bits per heavy atom. The van der Waals surface area contributed by atoms with Crippen molar-refractivity contribution < 1.29 is 24.0 Å². The van der Waals surface area contributed by atoms with Crippen LogP contribution in [0.1, 0.15) is 11.1 Å². The summed E-state index contributed by atoms with van der Waals surface area (Å²) in [6, 6.07) is 8.44. The van der Waals surface area contributed by atoms with E-state index < -0.39 is 41.2 Å². The first-order valence-corrected chi connectivity index (χ1v) is 10.2. The van der Waals surface area contributed by atoms with Gasteiger partial charge in [0, 0.05) is 19.2 Å². The highest BCUT2D eigenvalue weighted by atomic mass is 16.6. The fraction of sp³-hybridized carbons (Fsp3) is 0.273. The van der Waals surface area contributed by atoms with Gasteiger partial charge in [0.2, 0.25) is 5.91 Å². The minimum absolute atomic E-state index is 0.0215. The van der Waals surface area contributed by atoms with Crippen LogP contribution in [0.15, 0.2) is 35.1 Å². The maximum atomic E-state index is 13.3. The van der Waals surface area contributed by atoms with Gasteiger partial charge in [-0.3, -0.25) is 28.9 Å². The van der Waals surface area contributed by atoms with Gasteiger partial charge in [-0.2, -0.15) is 5.26 Å². The molecule has 0 saturated heterocycles. The van der Waals surface area contributed by atoms with E-state index in [1.165, 1.54) is 30.9 Å². The predicted octanol–water partition coefficient (Wildman–Crippen LogP) is 1.38. The number of fused-ring (bicyclic) bond motifs is 1. The number of urea groups is 1. The van der Waals surface area contributed by atoms with E-state index in [0.717, 1.165) is 11.6 Å². The number of methoxy groups -OCH3 is 2. The molecule has 0 fully saturated rings. The standard InChI is InChI=1S/C22H22N6O7/c1-25(21(24)30)19(29)11-16-17(28(32)33)4-5-18-20(16)26(7-6-23)22(31)27(18)12-13-8-14(34-2)10-15(9-13)35-3/h4-5,8-10H,7,11-12H2,1-3H3,(H2,24,30). The summed E-state index contributed by atoms with van der Waals surface area (Å²) >= 11 is 0. The minimum atomic E-state index is -1.04. The van der Waals surface area contributed by atoms with Crippen molar-refractivity contribution in [2.24, 2.45) is 5.73 Å². The van der Waals surface area contributed by atoms with Gasteiger partial charge in [0.25, 0.3) is 5.69 Å². The number of ether oxygens (including phenoxy) is 2. The molecule has 2 N–H and O–H groups in total. The fourth-order valence-electron chi connectivity index (χ4n) is 3.73. The summed E-state index contributed by atoms with van der Waals surface area (Å²) in [5.41, 5.74) is 4.94. The molecule has 2 aromatic carbocycles. The molecule has 1 aromatic heterocycles. The molecule has 13 heteroatoms. The molecule has 0 saturated carbocycles. The number of carbonyl (C=O) groups excluding carboxylic acids is 2. The molecule has 0 atom stereocenters. The number of aromatic nitrogens is 2. The normalized spacial score (nSPS) is 10.6. The zero-order valence-electron chi connectivity index (χ0n) is 19.2. The molecule has 3 rings (SSSR count). The molecule has 35 heavy (non-hydrogen) atoms. The lowest BCUT2D eigenvalue weighted by Crippen LogP contribution is -2.38. The van der Waals surface area contributed by atoms with Gasteiger partial charge in [0.1, 0.15) is 18.0 Å². The van der Waals surface area contributed by atoms with E-state index in [9.17, 15) is 29.8 Å². The first-order valence-electron chi connectivity index (χ1n) is 10.2. The Bertz CT molecular complexity index is 1410. The number of rotatable bonds is 8. The lowest BCUT2D eigenvalue weighted by molar-refractivity contribution is -0.385. The Morgan fingerprint density at radius 1 is 1.17 bits per heavy atom. The van der Waals surface area contributed by atoms with Crippen LogP contribution in [0.25, 0.3) is 11.0 Å². The second-order valence-corrected chi connectivity index (χ2v) is 7.49. The number of amides is 3. The number of primary amides is 1. The molecule has 0 radical (unpaired) electrons. The van der Waals surface area contributed by atoms with Gasteiger partial charge in [-0.25, -0.2) is 9.59 Å². The van der Waals surface area contributed by atoms with Gasteiger partial charge in [-0.15, -0.1) is 0 Å². The molecular formula is C22H22N6O7. The first-order chi connectivity index (χ1) is 16.6. The van der Waals surface area contributed by atoms with Gasteiger partial charge >= 0.3 is 11.7 Å². The van der Waals surface area contributed by atoms with Crippen molar-refractivity contribution in [3.05, 3.63) is 62.1 Å². The second kappa shape index (κ2) is 9.96. The predicted molar refractivity (Wildman–Crippen MR) is 123 cm³/mol. The van der Waals surface area contributed by atoms with Crippen LogP contribution in [0, 0.1) is 21.4 Å². The molecule has 3 amide bonds. The summed E-state index contributed by atoms with van der Waals surface area (Å²) in [4.78, 5) is 49.0. The van der Waals surface area contributed by atoms with Crippen LogP contribution >= 0.6 is 0 Å². The van der Waals surface area contributed by atoms with E-state index in [1.54, 1.807) is 18.2 Å². The highest BCUT2D eigenvalue weighted by molar-refractivity contribution is 5.97. The van der Waals surface area contributed by atoms with E-state index in [4.69, 9.17) is 15.2 Å². The molecule has 0 spiro atoms. The Kier molecular flexibility index (Phi) is 7.05. The quantitative estimate of drug-likeness (QED) is 0.370. The number of imidazole rings is 1. The molecule has 0 aliphatic rings. The maximum Gasteiger partial charge on any atom is 0.330 e. The summed E-state index contributed by atoms with van der Waals surface area (Å²) in [5, 5.41) is 21.1. The highest BCUT2D eigenvalue weighted by Crippen LogP contribution is 2.30. The first kappa shape index (κ1) is 24.8. The van der Waals surface area contributed by atoms with Crippen LogP contribution in [0.3, 0.4) is 0 Å². The zero-order chi connectivity index (χ0) is 25.9. The molecular weight excluding hydrogens is 460 g/mol. The summed E-state index contributed by atoms with van der Waals surface area (Å²) in [7, 11) is 4.10. The van der Waals surface area contributed by atoms with Gasteiger partial charge in [-0.1, -0.05) is 0 Å². The van der Waals surface area contributed by atoms with Crippen LogP contribution in [0.4, 0.5) is 10.5 Å². The third-order valence-corrected chi connectivity index (χ3v) is 5.47. The largest absolute Gasteiger partial charge is 0.497 e. The van der Waals surface area contributed by atoms with Crippen molar-refractivity contribution in [3.8, 4) is 17.6 Å². The van der Waals surface area contributed by atoms with Crippen LogP contribution in [-0.4, -0.2) is 52.2 Å². The number of nitrogens with two attached hydrogens (primary N) is 1. The number of likely N-dealkylation sites (N-methyl/N-ethyl adjacent to an activating group) is 1. The topological polar surface area (TPSA) is 176 Å². The average molecular weight is 482 g/mol. The van der Waals surface area contributed by atoms with Gasteiger partial charge in [0.15, 0.2) is 0 Å². The van der Waals surface area contributed by atoms with Crippen LogP contribution < -0.4 is 20.9 Å². The van der Waals surface area contributed by atoms with E-state index in [1.807, 2.05) is 6.07 Å². The van der Waals surface area contributed by atoms with Gasteiger partial charge in [0.05, 0.1) is 54.8 Å². The molecule has 1 heterocycles. The number of nitrogens with zero attached hydrogens (tertiary/aromatic N) is 5. The van der Waals surface area contributed by atoms with Gasteiger partial charge in [-0.05, 0) is 23.8 Å². The number of nitro groups is 1. The fourth-order valence-corrected chi connectivity index (χ4v) is 3.73. The number of benzene rings is 2. The summed E-state index contributed by atoms with van der Waals surface area (Å²) in [6.45, 7) is -0.397. The van der Waals surface area contributed by atoms with E-state index >= 15 is 0 Å². The average Bonchev–Trinajstić information content (AvgIpc) is 3.09. The molecule has 182 valence electrons. The third-order valence-electron chi connectivity index (χ3n) is 5.47. The number of nitro benzene ring substituents is 1. The van der Waals surface area contributed by atoms with Crippen molar-refractivity contribution in [2.45, 2.75) is 19.5 Å². The van der Waals surface area contributed by atoms with Crippen molar-refractivity contribution in [3.63, 3.8) is 0 Å². The van der Waals surface area contributed by atoms with E-state index in [-0.39, 0.29) is 23.1 Å². The monoisotopic (exact) mass is 482 g/mol. The van der Waals surface area contributed by atoms with Crippen LogP contribution in [0.5, 0.6) is 11.5 Å². The number of imide groups is 1. The third kappa shape index (κ3) is 4.76. The zero-order valence-corrected chi connectivity index (χ0v) is 19.2. The number of hydrogen-bond acceptors (Lipinski definition) is 8. The molecule has 0 unspecified atom stereocenters. The number of carbonyl (C=O) groups is 2. The van der Waals surface area contributed by atoms with Crippen molar-refractivity contribution >= 4 is 28.7 Å². The maximum absolute atomic E-state index is 13.3. The Labute approximate surface area is 198 Å². The highest BCUT2D eigenvalue weighted by Gasteiger charge is 2.27. The summed E-state index contributed by atoms with van der Waals surface area (Å²) in [5.74, 6) is 0.170. The Balaban J connectivity index is 2.28. The lowest BCUT2D eigenvalue weighted by Gasteiger charge is -2.13. The summed E-state index contributed by atoms with van der Waals surface area (Å²) < 4.78 is 12.9. The van der Waals surface area contributed by atoms with E-state index in [0.29, 0.717) is 22.0 Å².